The van der Waals surface area contributed by atoms with Gasteiger partial charge in [0.15, 0.2) is 11.5 Å². The van der Waals surface area contributed by atoms with E-state index in [9.17, 15) is 9.59 Å². The zero-order valence-corrected chi connectivity index (χ0v) is 19.7. The van der Waals surface area contributed by atoms with E-state index in [1.165, 1.54) is 26.2 Å². The van der Waals surface area contributed by atoms with Crippen LogP contribution in [-0.4, -0.2) is 55.5 Å². The zero-order chi connectivity index (χ0) is 23.1. The fraction of sp³-hybridized carbons (Fsp3) is 0.261. The molecule has 1 N–H and O–H groups in total. The van der Waals surface area contributed by atoms with Crippen LogP contribution in [0.15, 0.2) is 47.4 Å². The van der Waals surface area contributed by atoms with Crippen molar-refractivity contribution in [3.8, 4) is 17.2 Å². The number of carbonyl (C=O) groups excluding carboxylic acids is 2. The predicted octanol–water partition coefficient (Wildman–Crippen LogP) is 3.27. The molecule has 1 heterocycles. The van der Waals surface area contributed by atoms with Gasteiger partial charge in [0.25, 0.3) is 5.91 Å². The number of benzene rings is 2. The van der Waals surface area contributed by atoms with Crippen LogP contribution in [-0.2, 0) is 16.0 Å². The lowest BCUT2D eigenvalue weighted by Gasteiger charge is -2.14. The summed E-state index contributed by atoms with van der Waals surface area (Å²) in [6, 6.07) is 13.3. The van der Waals surface area contributed by atoms with Gasteiger partial charge in [-0.2, -0.15) is 0 Å². The van der Waals surface area contributed by atoms with E-state index in [1.807, 2.05) is 30.3 Å². The molecule has 1 saturated heterocycles. The lowest BCUT2D eigenvalue weighted by atomic mass is 10.1. The molecule has 3 rings (SSSR count). The number of rotatable bonds is 9. The summed E-state index contributed by atoms with van der Waals surface area (Å²) < 4.78 is 16.4. The van der Waals surface area contributed by atoms with Crippen LogP contribution >= 0.6 is 24.0 Å². The summed E-state index contributed by atoms with van der Waals surface area (Å²) in [7, 11) is 4.57. The Kier molecular flexibility index (Phi) is 8.13. The van der Waals surface area contributed by atoms with Crippen LogP contribution in [0.3, 0.4) is 0 Å². The highest BCUT2D eigenvalue weighted by atomic mass is 32.2. The first kappa shape index (κ1) is 23.6. The molecule has 0 unspecified atom stereocenters. The van der Waals surface area contributed by atoms with E-state index in [1.54, 1.807) is 18.2 Å². The van der Waals surface area contributed by atoms with Crippen LogP contribution in [0.4, 0.5) is 0 Å². The van der Waals surface area contributed by atoms with Gasteiger partial charge in [0.1, 0.15) is 10.9 Å². The first-order valence-electron chi connectivity index (χ1n) is 9.82. The summed E-state index contributed by atoms with van der Waals surface area (Å²) in [6.45, 7) is 0.366. The van der Waals surface area contributed by atoms with Crippen LogP contribution in [0.2, 0.25) is 0 Å². The Morgan fingerprint density at radius 1 is 1.09 bits per heavy atom. The normalized spacial score (nSPS) is 14.6. The van der Waals surface area contributed by atoms with Crippen molar-refractivity contribution in [1.29, 1.82) is 0 Å². The van der Waals surface area contributed by atoms with E-state index in [2.05, 4.69) is 5.32 Å². The standard InChI is InChI=1S/C23H24N2O5S2/c1-28-17-11-16(12-18(29-2)21(17)30-3)13-19-22(27)25(23(31)32-19)14-20(26)24-10-9-15-7-5-4-6-8-15/h4-8,11-13H,9-10,14H2,1-3H3,(H,24,26)/b19-13+. The molecule has 0 saturated carbocycles. The molecule has 1 fully saturated rings. The molecule has 2 aromatic rings. The minimum atomic E-state index is -0.313. The highest BCUT2D eigenvalue weighted by Gasteiger charge is 2.33. The van der Waals surface area contributed by atoms with Gasteiger partial charge >= 0.3 is 0 Å². The number of carbonyl (C=O) groups is 2. The van der Waals surface area contributed by atoms with E-state index < -0.39 is 0 Å². The van der Waals surface area contributed by atoms with Gasteiger partial charge in [0.2, 0.25) is 11.7 Å². The lowest BCUT2D eigenvalue weighted by molar-refractivity contribution is -0.128. The SMILES string of the molecule is COc1cc(/C=C2/SC(=S)N(CC(=O)NCCc3ccccc3)C2=O)cc(OC)c1OC. The molecule has 9 heteroatoms. The monoisotopic (exact) mass is 472 g/mol. The Hall–Kier alpha value is -3.04. The van der Waals surface area contributed by atoms with Crippen molar-refractivity contribution in [2.75, 3.05) is 34.4 Å². The second-order valence-corrected chi connectivity index (χ2v) is 8.49. The summed E-state index contributed by atoms with van der Waals surface area (Å²) in [6.07, 6.45) is 2.41. The zero-order valence-electron chi connectivity index (χ0n) is 18.0. The van der Waals surface area contributed by atoms with E-state index in [4.69, 9.17) is 26.4 Å². The average Bonchev–Trinajstić information content (AvgIpc) is 3.06. The molecule has 1 aliphatic rings. The van der Waals surface area contributed by atoms with Crippen molar-refractivity contribution in [2.24, 2.45) is 0 Å². The Bertz CT molecular complexity index is 1010. The number of hydrogen-bond donors (Lipinski definition) is 1. The average molecular weight is 473 g/mol. The molecule has 1 aliphatic heterocycles. The van der Waals surface area contributed by atoms with Gasteiger partial charge in [-0.1, -0.05) is 54.3 Å². The Balaban J connectivity index is 1.66. The van der Waals surface area contributed by atoms with E-state index in [-0.39, 0.29) is 18.4 Å². The van der Waals surface area contributed by atoms with E-state index in [0.717, 1.165) is 17.3 Å². The van der Waals surface area contributed by atoms with Crippen LogP contribution < -0.4 is 19.5 Å². The number of nitrogens with zero attached hydrogens (tertiary/aromatic N) is 1. The number of amides is 2. The number of hydrogen-bond acceptors (Lipinski definition) is 7. The second-order valence-electron chi connectivity index (χ2n) is 6.81. The Morgan fingerprint density at radius 2 is 1.75 bits per heavy atom. The molecule has 0 bridgehead atoms. The van der Waals surface area contributed by atoms with Gasteiger partial charge in [-0.25, -0.2) is 0 Å². The summed E-state index contributed by atoms with van der Waals surface area (Å²) in [5.41, 5.74) is 1.82. The Morgan fingerprint density at radius 3 is 2.34 bits per heavy atom. The molecular formula is C23H24N2O5S2. The van der Waals surface area contributed by atoms with Crippen molar-refractivity contribution in [3.05, 3.63) is 58.5 Å². The number of nitrogens with one attached hydrogen (secondary N) is 1. The van der Waals surface area contributed by atoms with Crippen LogP contribution in [0.5, 0.6) is 17.2 Å². The third-order valence-corrected chi connectivity index (χ3v) is 6.12. The minimum absolute atomic E-state index is 0.119. The molecule has 0 atom stereocenters. The Labute approximate surface area is 196 Å². The fourth-order valence-corrected chi connectivity index (χ4v) is 4.42. The van der Waals surface area contributed by atoms with Crippen molar-refractivity contribution in [1.82, 2.24) is 10.2 Å². The molecule has 0 aromatic heterocycles. The van der Waals surface area contributed by atoms with Crippen LogP contribution in [0.1, 0.15) is 11.1 Å². The first-order chi connectivity index (χ1) is 15.5. The second kappa shape index (κ2) is 11.0. The summed E-state index contributed by atoms with van der Waals surface area (Å²) >= 11 is 6.49. The van der Waals surface area contributed by atoms with Crippen molar-refractivity contribution >= 4 is 46.2 Å². The molecule has 7 nitrogen and oxygen atoms in total. The number of ether oxygens (including phenoxy) is 3. The molecular weight excluding hydrogens is 448 g/mol. The molecule has 0 spiro atoms. The molecule has 2 aromatic carbocycles. The highest BCUT2D eigenvalue weighted by molar-refractivity contribution is 8.26. The van der Waals surface area contributed by atoms with Gasteiger partial charge in [0, 0.05) is 6.54 Å². The number of thioether (sulfide) groups is 1. The van der Waals surface area contributed by atoms with E-state index in [0.29, 0.717) is 45.0 Å². The third kappa shape index (κ3) is 5.60. The predicted molar refractivity (Wildman–Crippen MR) is 129 cm³/mol. The smallest absolute Gasteiger partial charge is 0.266 e. The first-order valence-corrected chi connectivity index (χ1v) is 11.0. The summed E-state index contributed by atoms with van der Waals surface area (Å²) in [5.74, 6) is 0.850. The van der Waals surface area contributed by atoms with Crippen LogP contribution in [0, 0.1) is 0 Å². The number of methoxy groups -OCH3 is 3. The van der Waals surface area contributed by atoms with Gasteiger partial charge in [-0.05, 0) is 35.8 Å². The lowest BCUT2D eigenvalue weighted by Crippen LogP contribution is -2.40. The molecule has 168 valence electrons. The topological polar surface area (TPSA) is 77.1 Å². The van der Waals surface area contributed by atoms with Crippen molar-refractivity contribution in [2.45, 2.75) is 6.42 Å². The fourth-order valence-electron chi connectivity index (χ4n) is 3.16. The summed E-state index contributed by atoms with van der Waals surface area (Å²) in [4.78, 5) is 26.9. The van der Waals surface area contributed by atoms with Crippen LogP contribution in [0.25, 0.3) is 6.08 Å². The van der Waals surface area contributed by atoms with E-state index >= 15 is 0 Å². The molecule has 0 aliphatic carbocycles. The van der Waals surface area contributed by atoms with Gasteiger partial charge in [-0.3, -0.25) is 14.5 Å². The quantitative estimate of drug-likeness (QED) is 0.443. The summed E-state index contributed by atoms with van der Waals surface area (Å²) in [5, 5.41) is 2.84. The molecule has 2 amide bonds. The molecule has 0 radical (unpaired) electrons. The maximum atomic E-state index is 12.9. The van der Waals surface area contributed by atoms with Gasteiger partial charge in [-0.15, -0.1) is 0 Å². The third-order valence-electron chi connectivity index (χ3n) is 4.74. The minimum Gasteiger partial charge on any atom is -0.493 e. The van der Waals surface area contributed by atoms with Gasteiger partial charge < -0.3 is 19.5 Å². The largest absolute Gasteiger partial charge is 0.493 e. The highest BCUT2D eigenvalue weighted by Crippen LogP contribution is 2.40. The van der Waals surface area contributed by atoms with Crippen molar-refractivity contribution in [3.63, 3.8) is 0 Å². The van der Waals surface area contributed by atoms with Crippen molar-refractivity contribution < 1.29 is 23.8 Å². The number of thiocarbonyl (C=S) groups is 1. The van der Waals surface area contributed by atoms with Gasteiger partial charge in [0.05, 0.1) is 26.2 Å². The maximum absolute atomic E-state index is 12.9. The maximum Gasteiger partial charge on any atom is 0.266 e. The molecule has 32 heavy (non-hydrogen) atoms.